The smallest absolute Gasteiger partial charge is 0.175 e. The van der Waals surface area contributed by atoms with Crippen molar-refractivity contribution in [1.82, 2.24) is 0 Å². The third-order valence-electron chi connectivity index (χ3n) is 2.55. The Balaban J connectivity index is 2.23. The van der Waals surface area contributed by atoms with Crippen molar-refractivity contribution in [2.45, 2.75) is 26.7 Å². The van der Waals surface area contributed by atoms with Gasteiger partial charge < -0.3 is 0 Å². The molecule has 0 aliphatic carbocycles. The highest BCUT2D eigenvalue weighted by molar-refractivity contribution is 7.27. The van der Waals surface area contributed by atoms with E-state index >= 15 is 0 Å². The minimum absolute atomic E-state index is 0.169. The lowest BCUT2D eigenvalue weighted by molar-refractivity contribution is 0.0928. The molecule has 1 unspecified atom stereocenters. The van der Waals surface area contributed by atoms with Gasteiger partial charge in [-0.2, -0.15) is 0 Å². The molecule has 80 valence electrons. The van der Waals surface area contributed by atoms with Crippen LogP contribution in [0.5, 0.6) is 0 Å². The highest BCUT2D eigenvalue weighted by atomic mass is 32.1. The van der Waals surface area contributed by atoms with Gasteiger partial charge in [-0.25, -0.2) is 0 Å². The van der Waals surface area contributed by atoms with Crippen LogP contribution in [-0.2, 0) is 0 Å². The zero-order valence-corrected chi connectivity index (χ0v) is 10.6. The van der Waals surface area contributed by atoms with Gasteiger partial charge in [-0.05, 0) is 23.9 Å². The van der Waals surface area contributed by atoms with E-state index in [1.807, 2.05) is 13.0 Å². The van der Waals surface area contributed by atoms with Crippen molar-refractivity contribution < 1.29 is 4.79 Å². The van der Waals surface area contributed by atoms with E-state index in [0.717, 1.165) is 17.7 Å². The first kappa shape index (κ1) is 10.8. The van der Waals surface area contributed by atoms with Crippen molar-refractivity contribution in [2.24, 2.45) is 5.92 Å². The Hall–Kier alpha value is -0.670. The highest BCUT2D eigenvalue weighted by Gasteiger charge is 2.17. The SMILES string of the molecule is CCCC(C)C(=O)c1cc2sccc2s1. The third kappa shape index (κ3) is 2.13. The molecule has 0 aliphatic rings. The number of thiophene rings is 2. The van der Waals surface area contributed by atoms with Gasteiger partial charge >= 0.3 is 0 Å². The number of carbonyl (C=O) groups excluding carboxylic acids is 1. The lowest BCUT2D eigenvalue weighted by Crippen LogP contribution is -2.08. The summed E-state index contributed by atoms with van der Waals surface area (Å²) in [4.78, 5) is 12.9. The number of fused-ring (bicyclic) bond motifs is 1. The molecule has 1 atom stereocenters. The number of hydrogen-bond donors (Lipinski definition) is 0. The summed E-state index contributed by atoms with van der Waals surface area (Å²) >= 11 is 3.34. The van der Waals surface area contributed by atoms with Crippen molar-refractivity contribution in [3.63, 3.8) is 0 Å². The number of Topliss-reactive ketones (excluding diaryl/α,β-unsaturated/α-hetero) is 1. The first-order valence-electron chi connectivity index (χ1n) is 5.23. The van der Waals surface area contributed by atoms with Gasteiger partial charge in [-0.15, -0.1) is 22.7 Å². The van der Waals surface area contributed by atoms with Crippen LogP contribution < -0.4 is 0 Å². The van der Waals surface area contributed by atoms with E-state index in [1.165, 1.54) is 9.40 Å². The Labute approximate surface area is 97.7 Å². The predicted molar refractivity (Wildman–Crippen MR) is 68.1 cm³/mol. The molecule has 0 N–H and O–H groups in total. The van der Waals surface area contributed by atoms with Gasteiger partial charge in [-0.3, -0.25) is 4.79 Å². The van der Waals surface area contributed by atoms with Crippen LogP contribution in [0.3, 0.4) is 0 Å². The number of carbonyl (C=O) groups is 1. The van der Waals surface area contributed by atoms with Crippen LogP contribution >= 0.6 is 22.7 Å². The molecular formula is C12H14OS2. The molecule has 0 fully saturated rings. The topological polar surface area (TPSA) is 17.1 Å². The summed E-state index contributed by atoms with van der Waals surface area (Å²) in [6.45, 7) is 4.15. The van der Waals surface area contributed by atoms with Gasteiger partial charge in [-0.1, -0.05) is 20.3 Å². The Bertz CT molecular complexity index is 438. The fourth-order valence-electron chi connectivity index (χ4n) is 1.69. The van der Waals surface area contributed by atoms with Crippen LogP contribution in [0.15, 0.2) is 17.5 Å². The van der Waals surface area contributed by atoms with Crippen LogP contribution in [0.25, 0.3) is 9.40 Å². The van der Waals surface area contributed by atoms with E-state index < -0.39 is 0 Å². The average molecular weight is 238 g/mol. The van der Waals surface area contributed by atoms with E-state index in [0.29, 0.717) is 5.78 Å². The molecular weight excluding hydrogens is 224 g/mol. The van der Waals surface area contributed by atoms with Crippen molar-refractivity contribution in [2.75, 3.05) is 0 Å². The van der Waals surface area contributed by atoms with Crippen molar-refractivity contribution >= 4 is 37.9 Å². The maximum Gasteiger partial charge on any atom is 0.175 e. The van der Waals surface area contributed by atoms with Gasteiger partial charge in [0.25, 0.3) is 0 Å². The first-order valence-corrected chi connectivity index (χ1v) is 6.93. The Morgan fingerprint density at radius 2 is 2.27 bits per heavy atom. The molecule has 1 nitrogen and oxygen atoms in total. The van der Waals surface area contributed by atoms with Crippen LogP contribution in [-0.4, -0.2) is 5.78 Å². The standard InChI is InChI=1S/C12H14OS2/c1-3-4-8(2)12(13)11-7-10-9(15-11)5-6-14-10/h5-8H,3-4H2,1-2H3. The van der Waals surface area contributed by atoms with E-state index in [9.17, 15) is 4.79 Å². The molecule has 0 radical (unpaired) electrons. The molecule has 0 saturated carbocycles. The van der Waals surface area contributed by atoms with E-state index in [1.54, 1.807) is 22.7 Å². The first-order chi connectivity index (χ1) is 7.22. The summed E-state index contributed by atoms with van der Waals surface area (Å²) in [7, 11) is 0. The Morgan fingerprint density at radius 3 is 2.93 bits per heavy atom. The molecule has 3 heteroatoms. The molecule has 0 aromatic carbocycles. The number of ketones is 1. The molecule has 15 heavy (non-hydrogen) atoms. The molecule has 0 aliphatic heterocycles. The molecule has 0 amide bonds. The van der Waals surface area contributed by atoms with Crippen LogP contribution in [0, 0.1) is 5.92 Å². The molecule has 0 spiro atoms. The summed E-state index contributed by atoms with van der Waals surface area (Å²) in [6.07, 6.45) is 2.07. The quantitative estimate of drug-likeness (QED) is 0.712. The minimum Gasteiger partial charge on any atom is -0.293 e. The Morgan fingerprint density at radius 1 is 1.47 bits per heavy atom. The summed E-state index contributed by atoms with van der Waals surface area (Å²) in [5.41, 5.74) is 0. The zero-order chi connectivity index (χ0) is 10.8. The van der Waals surface area contributed by atoms with Gasteiger partial charge in [0, 0.05) is 15.3 Å². The molecule has 2 heterocycles. The third-order valence-corrected chi connectivity index (χ3v) is 4.66. The molecule has 2 aromatic rings. The molecule has 2 aromatic heterocycles. The van der Waals surface area contributed by atoms with Crippen molar-refractivity contribution in [1.29, 1.82) is 0 Å². The van der Waals surface area contributed by atoms with Crippen LogP contribution in [0.4, 0.5) is 0 Å². The van der Waals surface area contributed by atoms with E-state index in [4.69, 9.17) is 0 Å². The fourth-order valence-corrected chi connectivity index (χ4v) is 3.86. The highest BCUT2D eigenvalue weighted by Crippen LogP contribution is 2.31. The van der Waals surface area contributed by atoms with Crippen LogP contribution in [0.1, 0.15) is 36.4 Å². The van der Waals surface area contributed by atoms with Gasteiger partial charge in [0.1, 0.15) is 0 Å². The zero-order valence-electron chi connectivity index (χ0n) is 8.95. The normalized spacial score (nSPS) is 13.2. The maximum absolute atomic E-state index is 12.0. The molecule has 0 saturated heterocycles. The van der Waals surface area contributed by atoms with Crippen molar-refractivity contribution in [3.05, 3.63) is 22.4 Å². The summed E-state index contributed by atoms with van der Waals surface area (Å²) in [5, 5.41) is 2.07. The largest absolute Gasteiger partial charge is 0.293 e. The second-order valence-corrected chi connectivity index (χ2v) is 5.85. The van der Waals surface area contributed by atoms with Gasteiger partial charge in [0.15, 0.2) is 5.78 Å². The summed E-state index contributed by atoms with van der Waals surface area (Å²) in [6, 6.07) is 4.13. The van der Waals surface area contributed by atoms with Gasteiger partial charge in [0.2, 0.25) is 0 Å². The molecule has 2 rings (SSSR count). The lowest BCUT2D eigenvalue weighted by atomic mass is 10.0. The molecule has 0 bridgehead atoms. The fraction of sp³-hybridized carbons (Fsp3) is 0.417. The second kappa shape index (κ2) is 4.45. The van der Waals surface area contributed by atoms with E-state index in [-0.39, 0.29) is 5.92 Å². The van der Waals surface area contributed by atoms with Crippen LogP contribution in [0.2, 0.25) is 0 Å². The summed E-state index contributed by atoms with van der Waals surface area (Å²) < 4.78 is 2.49. The average Bonchev–Trinajstić information content (AvgIpc) is 2.75. The summed E-state index contributed by atoms with van der Waals surface area (Å²) in [5.74, 6) is 0.480. The second-order valence-electron chi connectivity index (χ2n) is 3.81. The number of hydrogen-bond acceptors (Lipinski definition) is 3. The maximum atomic E-state index is 12.0. The van der Waals surface area contributed by atoms with E-state index in [2.05, 4.69) is 18.4 Å². The predicted octanol–water partition coefficient (Wildman–Crippen LogP) is 4.58. The lowest BCUT2D eigenvalue weighted by Gasteiger charge is -2.05. The minimum atomic E-state index is 0.169. The van der Waals surface area contributed by atoms with Gasteiger partial charge in [0.05, 0.1) is 4.88 Å². The monoisotopic (exact) mass is 238 g/mol. The number of rotatable bonds is 4. The Kier molecular flexibility index (Phi) is 3.22. The van der Waals surface area contributed by atoms with Crippen molar-refractivity contribution in [3.8, 4) is 0 Å².